The van der Waals surface area contributed by atoms with Gasteiger partial charge in [0.05, 0.1) is 0 Å². The third-order valence-corrected chi connectivity index (χ3v) is 0.937. The molecule has 0 aliphatic heterocycles. The zero-order valence-electron chi connectivity index (χ0n) is 2.41. The van der Waals surface area contributed by atoms with Crippen LogP contribution < -0.4 is 0 Å². The van der Waals surface area contributed by atoms with Crippen molar-refractivity contribution in [1.29, 1.82) is 0 Å². The minimum absolute atomic E-state index is 1.10. The van der Waals surface area contributed by atoms with Gasteiger partial charge in [-0.25, -0.2) is 0 Å². The summed E-state index contributed by atoms with van der Waals surface area (Å²) in [5.41, 5.74) is 0. The summed E-state index contributed by atoms with van der Waals surface area (Å²) in [7, 11) is 0. The van der Waals surface area contributed by atoms with E-state index in [9.17, 15) is 0 Å². The van der Waals surface area contributed by atoms with E-state index in [1.165, 1.54) is 0 Å². The van der Waals surface area contributed by atoms with Crippen molar-refractivity contribution in [3.63, 3.8) is 0 Å². The molecule has 0 aromatic rings. The molecule has 0 saturated heterocycles. The summed E-state index contributed by atoms with van der Waals surface area (Å²) in [4.78, 5) is 0. The van der Waals surface area contributed by atoms with Gasteiger partial charge in [0.25, 0.3) is 0 Å². The molecule has 0 N–H and O–H groups in total. The van der Waals surface area contributed by atoms with Crippen molar-refractivity contribution in [2.75, 3.05) is 0 Å². The van der Waals surface area contributed by atoms with Crippen molar-refractivity contribution in [3.8, 4) is 0 Å². The van der Waals surface area contributed by atoms with Gasteiger partial charge in [-0.05, 0) is 0 Å². The van der Waals surface area contributed by atoms with Gasteiger partial charge in [0, 0.05) is 0 Å². The molecule has 6 heteroatoms. The Balaban J connectivity index is 0. The number of rotatable bonds is 1. The van der Waals surface area contributed by atoms with E-state index in [0.29, 0.717) is 0 Å². The molecule has 0 aromatic carbocycles. The van der Waals surface area contributed by atoms with Crippen molar-refractivity contribution in [2.24, 2.45) is 0 Å². The van der Waals surface area contributed by atoms with E-state index < -0.39 is 30.9 Å². The van der Waals surface area contributed by atoms with Crippen LogP contribution in [0.15, 0.2) is 0 Å². The predicted molar refractivity (Wildman–Crippen MR) is 2.06 cm³/mol. The summed E-state index contributed by atoms with van der Waals surface area (Å²) >= 11 is -1.23. The first kappa shape index (κ1) is 10.4. The van der Waals surface area contributed by atoms with Crippen molar-refractivity contribution < 1.29 is 59.5 Å². The van der Waals surface area contributed by atoms with Crippen LogP contribution in [0.5, 0.6) is 0 Å². The topological polar surface area (TPSA) is 51.2 Å². The van der Waals surface area contributed by atoms with Crippen molar-refractivity contribution in [3.05, 3.63) is 0 Å². The van der Waals surface area contributed by atoms with Gasteiger partial charge in [0.2, 0.25) is 0 Å². The van der Waals surface area contributed by atoms with E-state index in [4.69, 9.17) is 10.4 Å². The summed E-state index contributed by atoms with van der Waals surface area (Å²) in [5.74, 6) is 0. The van der Waals surface area contributed by atoms with Gasteiger partial charge in [0.1, 0.15) is 0 Å². The Morgan fingerprint density at radius 1 is 1.50 bits per heavy atom. The summed E-state index contributed by atoms with van der Waals surface area (Å²) in [6.45, 7) is 0. The second-order valence-corrected chi connectivity index (χ2v) is 4.59. The molecular weight excluding hydrogens is 389 g/mol. The monoisotopic (exact) mass is 391 g/mol. The van der Waals surface area contributed by atoms with Gasteiger partial charge in [0.15, 0.2) is 0 Å². The Labute approximate surface area is 59.0 Å². The molecule has 0 heterocycles. The third kappa shape index (κ3) is 18.2. The maximum absolute atomic E-state index is 9.17. The van der Waals surface area contributed by atoms with Crippen molar-refractivity contribution in [1.82, 2.24) is 0 Å². The van der Waals surface area contributed by atoms with Crippen LogP contribution in [0.4, 0.5) is 0 Å². The summed E-state index contributed by atoms with van der Waals surface area (Å²) < 4.78 is 26.5. The van der Waals surface area contributed by atoms with Gasteiger partial charge in [-0.3, -0.25) is 0 Å². The standard InChI is InChI=1S/Ir.3O.Ru.Ti. The van der Waals surface area contributed by atoms with E-state index in [1.807, 2.05) is 0 Å². The summed E-state index contributed by atoms with van der Waals surface area (Å²) in [5, 5.41) is 0. The molecule has 0 rings (SSSR count). The van der Waals surface area contributed by atoms with Crippen LogP contribution in [0.3, 0.4) is 0 Å². The fraction of sp³-hybridized carbons (Fsp3) is 0. The zero-order valence-corrected chi connectivity index (χ0v) is 8.11. The quantitative estimate of drug-likeness (QED) is 0.576. The summed E-state index contributed by atoms with van der Waals surface area (Å²) in [6, 6.07) is 0. The maximum atomic E-state index is 9.17. The van der Waals surface area contributed by atoms with Crippen LogP contribution in [0.25, 0.3) is 0 Å². The van der Waals surface area contributed by atoms with E-state index in [-0.39, 0.29) is 0 Å². The first-order chi connectivity index (χ1) is 2.91. The van der Waals surface area contributed by atoms with E-state index in [0.717, 1.165) is 18.3 Å². The first-order valence-corrected chi connectivity index (χ1v) is 8.43. The Morgan fingerprint density at radius 3 is 1.67 bits per heavy atom. The summed E-state index contributed by atoms with van der Waals surface area (Å²) in [6.07, 6.45) is 0. The van der Waals surface area contributed by atoms with Gasteiger partial charge in [-0.1, -0.05) is 0 Å². The number of hydrogen-bond acceptors (Lipinski definition) is 3. The second kappa shape index (κ2) is 16.2. The molecule has 0 aromatic heterocycles. The average molecular weight is 389 g/mol. The normalized spacial score (nSPS) is 4.83. The molecule has 0 unspecified atom stereocenters. The number of hydrogen-bond donors (Lipinski definition) is 0. The fourth-order valence-corrected chi connectivity index (χ4v) is 0. The molecule has 39 valence electrons. The SMILES string of the molecule is [O]=[Ru].[O]=[Ti][Ir]=[O]. The molecule has 0 aliphatic rings. The second-order valence-electron chi connectivity index (χ2n) is 0.136. The zero-order chi connectivity index (χ0) is 5.41. The van der Waals surface area contributed by atoms with Gasteiger partial charge >= 0.3 is 59.5 Å². The van der Waals surface area contributed by atoms with Crippen LogP contribution in [0, 0.1) is 0 Å². The molecule has 0 radical (unpaired) electrons. The Hall–Kier alpha value is 1.39. The van der Waals surface area contributed by atoms with Crippen molar-refractivity contribution in [2.45, 2.75) is 0 Å². The molecule has 0 fully saturated rings. The minimum atomic E-state index is -1.17. The van der Waals surface area contributed by atoms with Crippen LogP contribution in [-0.2, 0) is 59.5 Å². The Bertz CT molecular complexity index is 40.1. The first-order valence-electron chi connectivity index (χ1n) is 0.651. The van der Waals surface area contributed by atoms with E-state index >= 15 is 0 Å². The van der Waals surface area contributed by atoms with Crippen LogP contribution in [-0.4, -0.2) is 0 Å². The fourth-order valence-electron chi connectivity index (χ4n) is 0. The molecule has 6 heavy (non-hydrogen) atoms. The molecule has 0 spiro atoms. The van der Waals surface area contributed by atoms with E-state index in [2.05, 4.69) is 0 Å². The van der Waals surface area contributed by atoms with Crippen LogP contribution >= 0.6 is 0 Å². The van der Waals surface area contributed by atoms with Crippen LogP contribution in [0.2, 0.25) is 0 Å². The van der Waals surface area contributed by atoms with Gasteiger partial charge in [-0.15, -0.1) is 0 Å². The molecular formula is IrO3RuTi. The molecule has 0 aliphatic carbocycles. The third-order valence-electron chi connectivity index (χ3n) is 0.0278. The Kier molecular flexibility index (Phi) is 28.0. The molecule has 0 atom stereocenters. The molecule has 0 saturated carbocycles. The molecule has 0 amide bonds. The molecule has 0 bridgehead atoms. The predicted octanol–water partition coefficient (Wildman–Crippen LogP) is -0.364. The average Bonchev–Trinajstić information content (AvgIpc) is 1.72. The van der Waals surface area contributed by atoms with Crippen LogP contribution in [0.1, 0.15) is 0 Å². The Morgan fingerprint density at radius 2 is 1.67 bits per heavy atom. The van der Waals surface area contributed by atoms with E-state index in [1.54, 1.807) is 0 Å². The molecule has 3 nitrogen and oxygen atoms in total. The van der Waals surface area contributed by atoms with Gasteiger partial charge < -0.3 is 0 Å². The van der Waals surface area contributed by atoms with Gasteiger partial charge in [-0.2, -0.15) is 0 Å². The van der Waals surface area contributed by atoms with Crippen molar-refractivity contribution >= 4 is 0 Å².